The Kier molecular flexibility index (Phi) is 4.72. The molecular weight excluding hydrogens is 289 g/mol. The normalized spacial score (nSPS) is 19.5. The first-order valence-corrected chi connectivity index (χ1v) is 7.30. The molecule has 2 N–H and O–H groups in total. The van der Waals surface area contributed by atoms with Gasteiger partial charge in [0.1, 0.15) is 11.4 Å². The molecule has 1 aliphatic heterocycles. The van der Waals surface area contributed by atoms with Crippen LogP contribution in [0.2, 0.25) is 0 Å². The van der Waals surface area contributed by atoms with E-state index in [1.54, 1.807) is 20.8 Å². The Labute approximate surface area is 129 Å². The van der Waals surface area contributed by atoms with Gasteiger partial charge in [-0.15, -0.1) is 0 Å². The second-order valence-electron chi connectivity index (χ2n) is 6.48. The van der Waals surface area contributed by atoms with Gasteiger partial charge in [-0.05, 0) is 50.5 Å². The summed E-state index contributed by atoms with van der Waals surface area (Å²) in [6.45, 7) is 5.47. The molecule has 2 rings (SSSR count). The van der Waals surface area contributed by atoms with Gasteiger partial charge in [-0.2, -0.15) is 0 Å². The second kappa shape index (κ2) is 6.22. The van der Waals surface area contributed by atoms with Crippen molar-refractivity contribution in [2.24, 2.45) is 0 Å². The van der Waals surface area contributed by atoms with Crippen LogP contribution in [0.1, 0.15) is 44.4 Å². The van der Waals surface area contributed by atoms with Gasteiger partial charge in [0.05, 0.1) is 18.8 Å². The van der Waals surface area contributed by atoms with E-state index in [1.807, 2.05) is 0 Å². The van der Waals surface area contributed by atoms with Crippen LogP contribution in [-0.4, -0.2) is 39.4 Å². The highest BCUT2D eigenvalue weighted by molar-refractivity contribution is 5.69. The minimum Gasteiger partial charge on any atom is -0.444 e. The number of rotatable bonds is 3. The lowest BCUT2D eigenvalue weighted by atomic mass is 9.90. The van der Waals surface area contributed by atoms with Crippen LogP contribution >= 0.6 is 0 Å². The van der Waals surface area contributed by atoms with E-state index >= 15 is 0 Å². The Morgan fingerprint density at radius 2 is 2.18 bits per heavy atom. The quantitative estimate of drug-likeness (QED) is 0.899. The first-order valence-electron chi connectivity index (χ1n) is 7.30. The van der Waals surface area contributed by atoms with Crippen molar-refractivity contribution in [1.29, 1.82) is 0 Å². The van der Waals surface area contributed by atoms with Crippen molar-refractivity contribution < 1.29 is 24.1 Å². The molecule has 0 radical (unpaired) electrons. The van der Waals surface area contributed by atoms with Crippen LogP contribution in [0.25, 0.3) is 0 Å². The third-order valence-corrected chi connectivity index (χ3v) is 3.65. The molecule has 1 heterocycles. The van der Waals surface area contributed by atoms with Crippen LogP contribution < -0.4 is 0 Å². The largest absolute Gasteiger partial charge is 0.444 e. The molecule has 1 fully saturated rings. The number of aliphatic hydroxyl groups excluding tert-OH is 2. The summed E-state index contributed by atoms with van der Waals surface area (Å²) in [6, 6.07) is 3.44. The van der Waals surface area contributed by atoms with Crippen molar-refractivity contribution in [1.82, 2.24) is 4.90 Å². The lowest BCUT2D eigenvalue weighted by Crippen LogP contribution is -2.55. The second-order valence-corrected chi connectivity index (χ2v) is 6.48. The van der Waals surface area contributed by atoms with Gasteiger partial charge in [-0.1, -0.05) is 6.07 Å². The predicted octanol–water partition coefficient (Wildman–Crippen LogP) is 2.36. The zero-order chi connectivity index (χ0) is 16.5. The highest BCUT2D eigenvalue weighted by Gasteiger charge is 2.40. The summed E-state index contributed by atoms with van der Waals surface area (Å²) in [5.74, 6) is -0.474. The molecule has 6 heteroatoms. The number of aliphatic hydroxyl groups is 2. The van der Waals surface area contributed by atoms with Crippen molar-refractivity contribution in [3.63, 3.8) is 0 Å². The lowest BCUT2D eigenvalue weighted by Gasteiger charge is -2.44. The summed E-state index contributed by atoms with van der Waals surface area (Å²) in [7, 11) is 0. The van der Waals surface area contributed by atoms with Gasteiger partial charge in [-0.3, -0.25) is 0 Å². The van der Waals surface area contributed by atoms with E-state index in [2.05, 4.69) is 0 Å². The van der Waals surface area contributed by atoms with Crippen molar-refractivity contribution in [2.45, 2.75) is 51.5 Å². The first-order chi connectivity index (χ1) is 10.2. The third kappa shape index (κ3) is 3.56. The Morgan fingerprint density at radius 3 is 2.68 bits per heavy atom. The van der Waals surface area contributed by atoms with Crippen LogP contribution in [0.5, 0.6) is 0 Å². The van der Waals surface area contributed by atoms with E-state index in [-0.39, 0.29) is 6.61 Å². The Balaban J connectivity index is 2.13. The zero-order valence-electron chi connectivity index (χ0n) is 13.0. The lowest BCUT2D eigenvalue weighted by molar-refractivity contribution is -0.0413. The fourth-order valence-corrected chi connectivity index (χ4v) is 2.49. The molecule has 1 aromatic carbocycles. The van der Waals surface area contributed by atoms with E-state index < -0.39 is 29.7 Å². The van der Waals surface area contributed by atoms with Gasteiger partial charge in [0.25, 0.3) is 0 Å². The number of nitrogens with zero attached hydrogens (tertiary/aromatic N) is 1. The maximum Gasteiger partial charge on any atom is 0.410 e. The Morgan fingerprint density at radius 1 is 1.50 bits per heavy atom. The number of amides is 1. The average Bonchev–Trinajstić information content (AvgIpc) is 2.34. The van der Waals surface area contributed by atoms with Gasteiger partial charge in [-0.25, -0.2) is 9.18 Å². The third-order valence-electron chi connectivity index (χ3n) is 3.65. The van der Waals surface area contributed by atoms with E-state index in [4.69, 9.17) is 4.74 Å². The summed E-state index contributed by atoms with van der Waals surface area (Å²) < 4.78 is 18.5. The molecule has 0 bridgehead atoms. The minimum atomic E-state index is -0.982. The van der Waals surface area contributed by atoms with Gasteiger partial charge >= 0.3 is 6.09 Å². The smallest absolute Gasteiger partial charge is 0.410 e. The molecule has 0 spiro atoms. The summed E-state index contributed by atoms with van der Waals surface area (Å²) in [4.78, 5) is 13.5. The standard InChI is InChI=1S/C16H22FNO4/c1-16(2,3)22-15(21)18-7-6-13(18)14(20)12-5-4-11(17)8-10(12)9-19/h4-5,8,13-14,19-20H,6-7,9H2,1-3H3. The van der Waals surface area contributed by atoms with Gasteiger partial charge < -0.3 is 19.8 Å². The summed E-state index contributed by atoms with van der Waals surface area (Å²) >= 11 is 0. The number of benzene rings is 1. The number of halogens is 1. The minimum absolute atomic E-state index is 0.323. The number of likely N-dealkylation sites (tertiary alicyclic amines) is 1. The zero-order valence-corrected chi connectivity index (χ0v) is 13.0. The number of carbonyl (C=O) groups is 1. The van der Waals surface area contributed by atoms with Crippen molar-refractivity contribution >= 4 is 6.09 Å². The molecule has 0 aliphatic carbocycles. The molecule has 1 saturated heterocycles. The molecule has 1 aliphatic rings. The van der Waals surface area contributed by atoms with Gasteiger partial charge in [0, 0.05) is 6.54 Å². The first kappa shape index (κ1) is 16.7. The highest BCUT2D eigenvalue weighted by atomic mass is 19.1. The van der Waals surface area contributed by atoms with Gasteiger partial charge in [0.2, 0.25) is 0 Å². The number of hydrogen-bond donors (Lipinski definition) is 2. The number of carbonyl (C=O) groups excluding carboxylic acids is 1. The van der Waals surface area contributed by atoms with Crippen LogP contribution in [0.4, 0.5) is 9.18 Å². The molecule has 2 unspecified atom stereocenters. The van der Waals surface area contributed by atoms with Crippen LogP contribution in [0.15, 0.2) is 18.2 Å². The van der Waals surface area contributed by atoms with E-state index in [9.17, 15) is 19.4 Å². The van der Waals surface area contributed by atoms with E-state index in [0.29, 0.717) is 24.1 Å². The summed E-state index contributed by atoms with van der Waals surface area (Å²) in [5, 5.41) is 19.8. The van der Waals surface area contributed by atoms with E-state index in [1.165, 1.54) is 23.1 Å². The average molecular weight is 311 g/mol. The summed E-state index contributed by atoms with van der Waals surface area (Å²) in [5.41, 5.74) is 0.152. The van der Waals surface area contributed by atoms with Crippen LogP contribution in [0.3, 0.4) is 0 Å². The number of ether oxygens (including phenoxy) is 1. The molecule has 22 heavy (non-hydrogen) atoms. The monoisotopic (exact) mass is 311 g/mol. The van der Waals surface area contributed by atoms with Crippen LogP contribution in [0, 0.1) is 5.82 Å². The molecule has 1 aromatic rings. The molecule has 5 nitrogen and oxygen atoms in total. The van der Waals surface area contributed by atoms with Crippen molar-refractivity contribution in [2.75, 3.05) is 6.54 Å². The fourth-order valence-electron chi connectivity index (χ4n) is 2.49. The maximum atomic E-state index is 13.2. The van der Waals surface area contributed by atoms with Crippen molar-refractivity contribution in [3.8, 4) is 0 Å². The molecule has 122 valence electrons. The summed E-state index contributed by atoms with van der Waals surface area (Å²) in [6.07, 6.45) is -0.831. The molecule has 1 amide bonds. The van der Waals surface area contributed by atoms with Crippen LogP contribution in [-0.2, 0) is 11.3 Å². The Bertz CT molecular complexity index is 556. The Hall–Kier alpha value is -1.66. The highest BCUT2D eigenvalue weighted by Crippen LogP contribution is 2.33. The topological polar surface area (TPSA) is 70.0 Å². The molecule has 0 aromatic heterocycles. The fraction of sp³-hybridized carbons (Fsp3) is 0.562. The number of hydrogen-bond acceptors (Lipinski definition) is 4. The molecule has 0 saturated carbocycles. The van der Waals surface area contributed by atoms with Gasteiger partial charge in [0.15, 0.2) is 0 Å². The van der Waals surface area contributed by atoms with Crippen molar-refractivity contribution in [3.05, 3.63) is 35.1 Å². The van der Waals surface area contributed by atoms with E-state index in [0.717, 1.165) is 0 Å². The molecule has 2 atom stereocenters. The predicted molar refractivity (Wildman–Crippen MR) is 78.6 cm³/mol. The SMILES string of the molecule is CC(C)(C)OC(=O)N1CCC1C(O)c1ccc(F)cc1CO. The maximum absolute atomic E-state index is 13.2. The molecular formula is C16H22FNO4.